The average Bonchev–Trinajstić information content (AvgIpc) is 3.53. The number of ether oxygens (including phenoxy) is 2. The molecule has 1 spiro atoms. The molecule has 3 saturated heterocycles. The number of hydrogen-bond acceptors (Lipinski definition) is 9. The Balaban J connectivity index is 1.18. The molecule has 2 unspecified atom stereocenters. The summed E-state index contributed by atoms with van der Waals surface area (Å²) in [5.74, 6) is -0.0179. The maximum atomic E-state index is 16.9. The van der Waals surface area contributed by atoms with Gasteiger partial charge in [0.25, 0.3) is 0 Å². The van der Waals surface area contributed by atoms with Crippen molar-refractivity contribution in [2.75, 3.05) is 50.9 Å². The molecule has 2 N–H and O–H groups in total. The fourth-order valence-corrected chi connectivity index (χ4v) is 10.0. The highest BCUT2D eigenvalue weighted by atomic mass is 35.5. The van der Waals surface area contributed by atoms with Crippen LogP contribution in [0.25, 0.3) is 22.2 Å². The third kappa shape index (κ3) is 4.67. The molecule has 0 amide bonds. The predicted octanol–water partition coefficient (Wildman–Crippen LogP) is 5.39. The van der Waals surface area contributed by atoms with Crippen LogP contribution in [0.3, 0.4) is 0 Å². The van der Waals surface area contributed by atoms with Gasteiger partial charge in [-0.05, 0) is 86.4 Å². The van der Waals surface area contributed by atoms with E-state index in [4.69, 9.17) is 26.1 Å². The molecule has 7 bridgehead atoms. The Hall–Kier alpha value is -2.86. The number of hydrogen-bond donors (Lipinski definition) is 2. The van der Waals surface area contributed by atoms with Crippen molar-refractivity contribution >= 4 is 28.3 Å². The van der Waals surface area contributed by atoms with Crippen molar-refractivity contribution in [3.63, 3.8) is 0 Å². The summed E-state index contributed by atoms with van der Waals surface area (Å²) in [7, 11) is 0. The molecular weight excluding hydrogens is 616 g/mol. The zero-order valence-electron chi connectivity index (χ0n) is 25.7. The van der Waals surface area contributed by atoms with Gasteiger partial charge in [-0.1, -0.05) is 11.6 Å². The van der Waals surface area contributed by atoms with Crippen LogP contribution in [0.4, 0.5) is 14.6 Å². The van der Waals surface area contributed by atoms with Crippen LogP contribution >= 0.6 is 11.6 Å². The van der Waals surface area contributed by atoms with Gasteiger partial charge in [-0.3, -0.25) is 9.88 Å². The second-order valence-electron chi connectivity index (χ2n) is 15.0. The highest BCUT2D eigenvalue weighted by Gasteiger charge is 2.56. The van der Waals surface area contributed by atoms with Crippen molar-refractivity contribution in [2.24, 2.45) is 11.3 Å². The number of alkyl halides is 1. The second-order valence-corrected chi connectivity index (χ2v) is 15.4. The van der Waals surface area contributed by atoms with Crippen LogP contribution in [-0.2, 0) is 4.74 Å². The Bertz CT molecular complexity index is 1740. The Morgan fingerprint density at radius 1 is 1.15 bits per heavy atom. The number of aliphatic hydroxyl groups is 1. The minimum atomic E-state index is -0.899. The number of rotatable bonds is 3. The first-order valence-electron chi connectivity index (χ1n) is 16.6. The minimum absolute atomic E-state index is 0.00240. The summed E-state index contributed by atoms with van der Waals surface area (Å²) in [5.41, 5.74) is -0.116. The molecule has 5 fully saturated rings. The van der Waals surface area contributed by atoms with Crippen LogP contribution in [0.15, 0.2) is 18.3 Å². The number of fused-ring (bicyclic) bond motifs is 1. The lowest BCUT2D eigenvalue weighted by Crippen LogP contribution is -2.60. The number of piperidine rings is 1. The van der Waals surface area contributed by atoms with Crippen molar-refractivity contribution in [3.8, 4) is 23.0 Å². The van der Waals surface area contributed by atoms with E-state index in [9.17, 15) is 14.6 Å². The van der Waals surface area contributed by atoms with Crippen molar-refractivity contribution < 1.29 is 28.5 Å². The number of halogens is 3. The molecule has 244 valence electrons. The molecule has 46 heavy (non-hydrogen) atoms. The van der Waals surface area contributed by atoms with Crippen molar-refractivity contribution in [1.29, 1.82) is 0 Å². The smallest absolute Gasteiger partial charge is 0.319 e. The van der Waals surface area contributed by atoms with Crippen LogP contribution in [0.5, 0.6) is 11.8 Å². The van der Waals surface area contributed by atoms with Gasteiger partial charge in [0, 0.05) is 42.8 Å². The molecule has 3 aromatic rings. The number of aromatic nitrogens is 3. The Morgan fingerprint density at radius 3 is 2.87 bits per heavy atom. The third-order valence-electron chi connectivity index (χ3n) is 11.6. The van der Waals surface area contributed by atoms with Gasteiger partial charge in [0.05, 0.1) is 29.7 Å². The van der Waals surface area contributed by atoms with E-state index in [1.54, 1.807) is 6.20 Å². The molecule has 8 aliphatic rings. The Labute approximate surface area is 270 Å². The molecule has 8 heterocycles. The van der Waals surface area contributed by atoms with Crippen LogP contribution in [0, 0.1) is 17.2 Å². The summed E-state index contributed by atoms with van der Waals surface area (Å²) in [6.45, 7) is 3.57. The summed E-state index contributed by atoms with van der Waals surface area (Å²) in [6.07, 6.45) is 6.87. The summed E-state index contributed by atoms with van der Waals surface area (Å²) >= 11 is 6.72. The van der Waals surface area contributed by atoms with E-state index < -0.39 is 23.1 Å². The van der Waals surface area contributed by atoms with Gasteiger partial charge >= 0.3 is 6.01 Å². The summed E-state index contributed by atoms with van der Waals surface area (Å²) in [5, 5.41) is 22.7. The average molecular weight is 654 g/mol. The van der Waals surface area contributed by atoms with Crippen molar-refractivity contribution in [1.82, 2.24) is 19.9 Å². The van der Waals surface area contributed by atoms with Crippen LogP contribution in [0.2, 0.25) is 5.02 Å². The van der Waals surface area contributed by atoms with Gasteiger partial charge in [0.15, 0.2) is 5.82 Å². The Morgan fingerprint density at radius 2 is 2.00 bits per heavy atom. The standard InChI is InChI=1S/C34H38ClF2N5O4/c35-25-9-21(43)8-23-26(25)22-7-19(22)13-45-18-34(44)14-32(15-34)3-1-5-41(16-32)30-24-11-38-28(23)27(37)29(24)39-31(40-30)46-17-33-4-2-6-42(33)12-20(36)10-33/h8-9,11,19-20,22,43-44H,1-7,10,12-18H2/t19-,20-,22?,32?,33?,34?/m1/s1. The summed E-state index contributed by atoms with van der Waals surface area (Å²) < 4.78 is 43.8. The molecule has 6 aliphatic heterocycles. The highest BCUT2D eigenvalue weighted by molar-refractivity contribution is 6.32. The van der Waals surface area contributed by atoms with Crippen molar-refractivity contribution in [2.45, 2.75) is 74.6 Å². The first kappa shape index (κ1) is 29.3. The van der Waals surface area contributed by atoms with Gasteiger partial charge in [0.2, 0.25) is 0 Å². The largest absolute Gasteiger partial charge is 0.508 e. The number of phenolic OH excluding ortho intramolecular Hbond substituents is 1. The quantitative estimate of drug-likeness (QED) is 0.385. The topological polar surface area (TPSA) is 104 Å². The molecular formula is C34H38ClF2N5O4. The second kappa shape index (κ2) is 10.3. The maximum Gasteiger partial charge on any atom is 0.319 e. The SMILES string of the molecule is Oc1cc(Cl)c2c(c1)-c1ncc3c(nc(OCC45CCCN4C[C@H](F)C5)nc3c1F)N1CCCC3(C1)CC(O)(COC[C@H]1CC21)C3. The molecule has 2 saturated carbocycles. The molecule has 11 rings (SSSR count). The van der Waals surface area contributed by atoms with Gasteiger partial charge < -0.3 is 24.6 Å². The monoisotopic (exact) mass is 653 g/mol. The zero-order valence-corrected chi connectivity index (χ0v) is 26.4. The van der Waals surface area contributed by atoms with Crippen LogP contribution in [0.1, 0.15) is 62.8 Å². The minimum Gasteiger partial charge on any atom is -0.508 e. The van der Waals surface area contributed by atoms with E-state index in [2.05, 4.69) is 19.8 Å². The molecule has 12 heteroatoms. The molecule has 0 radical (unpaired) electrons. The molecule has 2 aromatic heterocycles. The number of anilines is 1. The first-order valence-corrected chi connectivity index (χ1v) is 17.0. The lowest BCUT2D eigenvalue weighted by atomic mass is 9.56. The fraction of sp³-hybridized carbons (Fsp3) is 0.618. The van der Waals surface area contributed by atoms with Crippen LogP contribution < -0.4 is 9.64 Å². The highest BCUT2D eigenvalue weighted by Crippen LogP contribution is 2.56. The molecule has 9 nitrogen and oxygen atoms in total. The van der Waals surface area contributed by atoms with Crippen molar-refractivity contribution in [3.05, 3.63) is 34.7 Å². The van der Waals surface area contributed by atoms with E-state index in [1.165, 1.54) is 12.1 Å². The molecule has 1 aromatic carbocycles. The van der Waals surface area contributed by atoms with Gasteiger partial charge in [-0.15, -0.1) is 0 Å². The number of phenols is 1. The third-order valence-corrected chi connectivity index (χ3v) is 11.9. The van der Waals surface area contributed by atoms with E-state index >= 15 is 4.39 Å². The van der Waals surface area contributed by atoms with E-state index in [-0.39, 0.29) is 53.4 Å². The van der Waals surface area contributed by atoms with Gasteiger partial charge in [-0.2, -0.15) is 9.97 Å². The maximum absolute atomic E-state index is 16.9. The predicted molar refractivity (Wildman–Crippen MR) is 168 cm³/mol. The fourth-order valence-electron chi connectivity index (χ4n) is 9.65. The summed E-state index contributed by atoms with van der Waals surface area (Å²) in [6, 6.07) is 3.04. The molecule has 4 atom stereocenters. The van der Waals surface area contributed by atoms with E-state index in [0.29, 0.717) is 67.3 Å². The zero-order chi connectivity index (χ0) is 31.4. The lowest BCUT2D eigenvalue weighted by molar-refractivity contribution is -0.168. The van der Waals surface area contributed by atoms with Gasteiger partial charge in [0.1, 0.15) is 35.6 Å². The normalized spacial score (nSPS) is 35.0. The summed E-state index contributed by atoms with van der Waals surface area (Å²) in [4.78, 5) is 18.5. The number of benzene rings is 1. The Kier molecular flexibility index (Phi) is 6.57. The van der Waals surface area contributed by atoms with E-state index in [1.807, 2.05) is 0 Å². The number of nitrogens with zero attached hydrogens (tertiary/aromatic N) is 5. The lowest BCUT2D eigenvalue weighted by Gasteiger charge is -2.57. The first-order chi connectivity index (χ1) is 22.1. The number of pyridine rings is 1. The van der Waals surface area contributed by atoms with Crippen LogP contribution in [-0.4, -0.2) is 93.4 Å². The van der Waals surface area contributed by atoms with E-state index in [0.717, 1.165) is 44.2 Å². The van der Waals surface area contributed by atoms with Gasteiger partial charge in [-0.25, -0.2) is 8.78 Å². The number of aromatic hydroxyl groups is 1. The molecule has 2 aliphatic carbocycles.